The number of anilines is 1. The summed E-state index contributed by atoms with van der Waals surface area (Å²) >= 11 is 6.41. The molecule has 0 heterocycles. The number of methoxy groups -OCH3 is 2. The maximum Gasteiger partial charge on any atom is 0.264 e. The lowest BCUT2D eigenvalue weighted by Gasteiger charge is -2.32. The molecule has 0 aliphatic rings. The van der Waals surface area contributed by atoms with E-state index in [0.29, 0.717) is 41.7 Å². The topological polar surface area (TPSA) is 114 Å². The number of ether oxygens (including phenoxy) is 3. The normalized spacial score (nSPS) is 11.8. The predicted molar refractivity (Wildman–Crippen MR) is 166 cm³/mol. The fourth-order valence-corrected chi connectivity index (χ4v) is 5.92. The van der Waals surface area contributed by atoms with Crippen molar-refractivity contribution in [3.63, 3.8) is 0 Å². The molecule has 10 nitrogen and oxygen atoms in total. The van der Waals surface area contributed by atoms with Gasteiger partial charge in [0.1, 0.15) is 18.3 Å². The minimum atomic E-state index is -4.32. The van der Waals surface area contributed by atoms with Gasteiger partial charge in [0.15, 0.2) is 11.5 Å². The summed E-state index contributed by atoms with van der Waals surface area (Å²) in [5.41, 5.74) is 0.843. The van der Waals surface area contributed by atoms with Crippen molar-refractivity contribution in [3.8, 4) is 17.2 Å². The number of amides is 2. The Morgan fingerprint density at radius 2 is 1.63 bits per heavy atom. The van der Waals surface area contributed by atoms with Crippen LogP contribution in [0.5, 0.6) is 17.2 Å². The van der Waals surface area contributed by atoms with Gasteiger partial charge in [0.05, 0.1) is 31.4 Å². The lowest BCUT2D eigenvalue weighted by atomic mass is 10.1. The number of hydrogen-bond acceptors (Lipinski definition) is 7. The largest absolute Gasteiger partial charge is 0.494 e. The number of nitrogens with one attached hydrogen (secondary N) is 1. The van der Waals surface area contributed by atoms with Crippen LogP contribution < -0.4 is 23.8 Å². The molecule has 0 spiro atoms. The molecular weight excluding hydrogens is 594 g/mol. The Morgan fingerprint density at radius 3 is 2.23 bits per heavy atom. The number of halogens is 1. The average Bonchev–Trinajstić information content (AvgIpc) is 3.01. The van der Waals surface area contributed by atoms with Crippen LogP contribution >= 0.6 is 11.6 Å². The van der Waals surface area contributed by atoms with Gasteiger partial charge in [-0.05, 0) is 68.3 Å². The van der Waals surface area contributed by atoms with E-state index in [0.717, 1.165) is 4.31 Å². The first kappa shape index (κ1) is 33.5. The molecule has 0 fully saturated rings. The number of sulfonamides is 1. The lowest BCUT2D eigenvalue weighted by Crippen LogP contribution is -2.51. The smallest absolute Gasteiger partial charge is 0.264 e. The monoisotopic (exact) mass is 631 g/mol. The Morgan fingerprint density at radius 1 is 0.953 bits per heavy atom. The maximum atomic E-state index is 14.2. The number of rotatable bonds is 15. The highest BCUT2D eigenvalue weighted by Gasteiger charge is 2.33. The van der Waals surface area contributed by atoms with Gasteiger partial charge in [0, 0.05) is 24.2 Å². The second kappa shape index (κ2) is 15.5. The Kier molecular flexibility index (Phi) is 12.1. The second-order valence-electron chi connectivity index (χ2n) is 9.54. The summed E-state index contributed by atoms with van der Waals surface area (Å²) < 4.78 is 45.4. The van der Waals surface area contributed by atoms with Crippen molar-refractivity contribution in [1.82, 2.24) is 10.2 Å². The summed E-state index contributed by atoms with van der Waals surface area (Å²) in [6, 6.07) is 16.6. The Balaban J connectivity index is 2.08. The quantitative estimate of drug-likeness (QED) is 0.254. The summed E-state index contributed by atoms with van der Waals surface area (Å²) in [5.74, 6) is 0.142. The maximum absolute atomic E-state index is 14.2. The predicted octanol–water partition coefficient (Wildman–Crippen LogP) is 4.89. The summed E-state index contributed by atoms with van der Waals surface area (Å²) in [6.45, 7) is 5.62. The lowest BCUT2D eigenvalue weighted by molar-refractivity contribution is -0.139. The van der Waals surface area contributed by atoms with Gasteiger partial charge in [-0.1, -0.05) is 36.7 Å². The van der Waals surface area contributed by atoms with Crippen LogP contribution in [0.25, 0.3) is 0 Å². The van der Waals surface area contributed by atoms with E-state index in [2.05, 4.69) is 5.32 Å². The summed E-state index contributed by atoms with van der Waals surface area (Å²) in [5, 5.41) is 3.23. The zero-order chi connectivity index (χ0) is 31.6. The molecular formula is C31H38ClN3O7S. The van der Waals surface area contributed by atoms with Gasteiger partial charge in [-0.25, -0.2) is 8.42 Å². The highest BCUT2D eigenvalue weighted by molar-refractivity contribution is 7.92. The number of hydrogen-bond donors (Lipinski definition) is 1. The van der Waals surface area contributed by atoms with E-state index in [-0.39, 0.29) is 28.8 Å². The number of carbonyl (C=O) groups excluding carboxylic acids is 2. The summed E-state index contributed by atoms with van der Waals surface area (Å²) in [6.07, 6.45) is 0.714. The van der Waals surface area contributed by atoms with Crippen LogP contribution in [0, 0.1) is 0 Å². The van der Waals surface area contributed by atoms with Gasteiger partial charge in [0.25, 0.3) is 10.0 Å². The fraction of sp³-hybridized carbons (Fsp3) is 0.355. The van der Waals surface area contributed by atoms with Crippen molar-refractivity contribution >= 4 is 39.1 Å². The molecule has 0 aromatic heterocycles. The SMILES string of the molecule is CCCNC(=O)C(C)N(Cc1ccccc1Cl)C(=O)CN(c1ccc(OCC)cc1)S(=O)(=O)c1ccc(OC)c(OC)c1. The van der Waals surface area contributed by atoms with E-state index < -0.39 is 28.5 Å². The minimum absolute atomic E-state index is 0.00720. The molecule has 1 N–H and O–H groups in total. The molecule has 0 bridgehead atoms. The average molecular weight is 632 g/mol. The first-order valence-electron chi connectivity index (χ1n) is 13.9. The molecule has 232 valence electrons. The Hall–Kier alpha value is -3.96. The zero-order valence-corrected chi connectivity index (χ0v) is 26.6. The van der Waals surface area contributed by atoms with Crippen LogP contribution in [0.2, 0.25) is 5.02 Å². The van der Waals surface area contributed by atoms with Crippen molar-refractivity contribution in [2.24, 2.45) is 0 Å². The van der Waals surface area contributed by atoms with Gasteiger partial charge in [-0.3, -0.25) is 13.9 Å². The molecule has 12 heteroatoms. The van der Waals surface area contributed by atoms with E-state index in [4.69, 9.17) is 25.8 Å². The van der Waals surface area contributed by atoms with Gasteiger partial charge in [-0.2, -0.15) is 0 Å². The highest BCUT2D eigenvalue weighted by atomic mass is 35.5. The molecule has 1 atom stereocenters. The number of nitrogens with zero attached hydrogens (tertiary/aromatic N) is 2. The molecule has 0 saturated heterocycles. The van der Waals surface area contributed by atoms with Crippen molar-refractivity contribution < 1.29 is 32.2 Å². The minimum Gasteiger partial charge on any atom is -0.494 e. The standard InChI is InChI=1S/C31H38ClN3O7S/c1-6-18-33-31(37)22(3)34(20-23-10-8-9-11-27(23)32)30(36)21-35(24-12-14-25(15-13-24)42-7-2)43(38,39)26-16-17-28(40-4)29(19-26)41-5/h8-17,19,22H,6-7,18,20-21H2,1-5H3,(H,33,37). The fourth-order valence-electron chi connectivity index (χ4n) is 4.30. The van der Waals surface area contributed by atoms with Gasteiger partial charge in [0.2, 0.25) is 11.8 Å². The third-order valence-electron chi connectivity index (χ3n) is 6.67. The molecule has 2 amide bonds. The van der Waals surface area contributed by atoms with Crippen LogP contribution in [-0.4, -0.2) is 65.1 Å². The molecule has 1 unspecified atom stereocenters. The van der Waals surface area contributed by atoms with Crippen molar-refractivity contribution in [1.29, 1.82) is 0 Å². The van der Waals surface area contributed by atoms with E-state index in [1.807, 2.05) is 13.8 Å². The van der Waals surface area contributed by atoms with E-state index in [9.17, 15) is 18.0 Å². The molecule has 0 saturated carbocycles. The Bertz CT molecular complexity index is 1500. The molecule has 0 radical (unpaired) electrons. The molecule has 3 aromatic carbocycles. The van der Waals surface area contributed by atoms with Crippen molar-refractivity contribution in [3.05, 3.63) is 77.3 Å². The molecule has 3 rings (SSSR count). The third kappa shape index (κ3) is 8.32. The van der Waals surface area contributed by atoms with Gasteiger partial charge >= 0.3 is 0 Å². The van der Waals surface area contributed by atoms with Crippen molar-refractivity contribution in [2.75, 3.05) is 38.2 Å². The van der Waals surface area contributed by atoms with E-state index in [1.54, 1.807) is 55.5 Å². The molecule has 3 aromatic rings. The summed E-state index contributed by atoms with van der Waals surface area (Å²) in [7, 11) is -1.47. The van der Waals surface area contributed by atoms with E-state index >= 15 is 0 Å². The van der Waals surface area contributed by atoms with E-state index in [1.165, 1.54) is 37.3 Å². The second-order valence-corrected chi connectivity index (χ2v) is 11.8. The van der Waals surface area contributed by atoms with Crippen LogP contribution in [-0.2, 0) is 26.2 Å². The van der Waals surface area contributed by atoms with Crippen LogP contribution in [0.1, 0.15) is 32.8 Å². The highest BCUT2D eigenvalue weighted by Crippen LogP contribution is 2.33. The third-order valence-corrected chi connectivity index (χ3v) is 8.81. The number of carbonyl (C=O) groups is 2. The zero-order valence-electron chi connectivity index (χ0n) is 25.0. The molecule has 0 aliphatic heterocycles. The van der Waals surface area contributed by atoms with Crippen LogP contribution in [0.4, 0.5) is 5.69 Å². The number of benzene rings is 3. The van der Waals surface area contributed by atoms with Crippen molar-refractivity contribution in [2.45, 2.75) is 44.7 Å². The molecule has 43 heavy (non-hydrogen) atoms. The Labute approximate surface area is 258 Å². The van der Waals surface area contributed by atoms with Crippen LogP contribution in [0.3, 0.4) is 0 Å². The first-order chi connectivity index (χ1) is 20.6. The molecule has 0 aliphatic carbocycles. The van der Waals surface area contributed by atoms with Crippen LogP contribution in [0.15, 0.2) is 71.6 Å². The first-order valence-corrected chi connectivity index (χ1v) is 15.7. The summed E-state index contributed by atoms with van der Waals surface area (Å²) in [4.78, 5) is 28.3. The van der Waals surface area contributed by atoms with Gasteiger partial charge < -0.3 is 24.4 Å². The van der Waals surface area contributed by atoms with Gasteiger partial charge in [-0.15, -0.1) is 0 Å².